The molecule has 1 heterocycles. The van der Waals surface area contributed by atoms with E-state index in [0.29, 0.717) is 22.0 Å². The third kappa shape index (κ3) is 1.22. The molecule has 0 bridgehead atoms. The standard InChI is InChI=1S/C10H7Cl2NO/c1-5-2-3-6(11)8-9(12)7(4-14)13-10(5)8/h2-4,13H,1H3. The predicted octanol–water partition coefficient (Wildman–Crippen LogP) is 3.60. The van der Waals surface area contributed by atoms with Crippen molar-refractivity contribution in [2.75, 3.05) is 0 Å². The summed E-state index contributed by atoms with van der Waals surface area (Å²) < 4.78 is 0. The molecule has 2 nitrogen and oxygen atoms in total. The molecule has 0 amide bonds. The third-order valence-corrected chi connectivity index (χ3v) is 2.90. The topological polar surface area (TPSA) is 32.9 Å². The first-order valence-electron chi connectivity index (χ1n) is 4.06. The number of carbonyl (C=O) groups is 1. The summed E-state index contributed by atoms with van der Waals surface area (Å²) in [4.78, 5) is 13.6. The quantitative estimate of drug-likeness (QED) is 0.743. The average Bonchev–Trinajstić information content (AvgIpc) is 2.51. The van der Waals surface area contributed by atoms with Crippen molar-refractivity contribution < 1.29 is 4.79 Å². The van der Waals surface area contributed by atoms with Gasteiger partial charge in [0.1, 0.15) is 0 Å². The zero-order valence-electron chi connectivity index (χ0n) is 7.40. The molecular weight excluding hydrogens is 221 g/mol. The van der Waals surface area contributed by atoms with Crippen LogP contribution in [0.5, 0.6) is 0 Å². The van der Waals surface area contributed by atoms with Crippen molar-refractivity contribution in [2.24, 2.45) is 0 Å². The maximum atomic E-state index is 10.7. The van der Waals surface area contributed by atoms with Crippen LogP contribution in [0.15, 0.2) is 12.1 Å². The van der Waals surface area contributed by atoms with Crippen LogP contribution in [0.1, 0.15) is 16.1 Å². The lowest BCUT2D eigenvalue weighted by Crippen LogP contribution is -1.78. The van der Waals surface area contributed by atoms with Crippen LogP contribution in [0.3, 0.4) is 0 Å². The van der Waals surface area contributed by atoms with Crippen molar-refractivity contribution in [1.82, 2.24) is 4.98 Å². The summed E-state index contributed by atoms with van der Waals surface area (Å²) in [5.74, 6) is 0. The molecule has 0 fully saturated rings. The van der Waals surface area contributed by atoms with Gasteiger partial charge in [0.2, 0.25) is 0 Å². The van der Waals surface area contributed by atoms with E-state index < -0.39 is 0 Å². The van der Waals surface area contributed by atoms with E-state index in [1.54, 1.807) is 6.07 Å². The lowest BCUT2D eigenvalue weighted by atomic mass is 10.2. The number of H-pyrrole nitrogens is 1. The van der Waals surface area contributed by atoms with Gasteiger partial charge in [0.05, 0.1) is 21.3 Å². The average molecular weight is 228 g/mol. The van der Waals surface area contributed by atoms with Gasteiger partial charge in [-0.2, -0.15) is 0 Å². The Morgan fingerprint density at radius 1 is 1.36 bits per heavy atom. The minimum absolute atomic E-state index is 0.373. The molecule has 0 spiro atoms. The molecule has 2 rings (SSSR count). The van der Waals surface area contributed by atoms with Crippen molar-refractivity contribution in [3.8, 4) is 0 Å². The molecule has 0 atom stereocenters. The van der Waals surface area contributed by atoms with E-state index in [1.807, 2.05) is 13.0 Å². The van der Waals surface area contributed by atoms with E-state index in [2.05, 4.69) is 4.98 Å². The summed E-state index contributed by atoms with van der Waals surface area (Å²) in [6.45, 7) is 1.93. The summed E-state index contributed by atoms with van der Waals surface area (Å²) >= 11 is 12.0. The first-order chi connectivity index (χ1) is 6.65. The van der Waals surface area contributed by atoms with Gasteiger partial charge in [-0.15, -0.1) is 0 Å². The number of aryl methyl sites for hydroxylation is 1. The van der Waals surface area contributed by atoms with Gasteiger partial charge in [-0.05, 0) is 18.6 Å². The highest BCUT2D eigenvalue weighted by Gasteiger charge is 2.12. The van der Waals surface area contributed by atoms with Crippen LogP contribution in [0.4, 0.5) is 0 Å². The molecule has 2 aromatic rings. The Labute approximate surface area is 90.8 Å². The Kier molecular flexibility index (Phi) is 2.25. The fraction of sp³-hybridized carbons (Fsp3) is 0.100. The summed E-state index contributed by atoms with van der Waals surface area (Å²) in [5, 5.41) is 1.67. The van der Waals surface area contributed by atoms with E-state index in [-0.39, 0.29) is 0 Å². The van der Waals surface area contributed by atoms with Crippen LogP contribution in [0, 0.1) is 6.92 Å². The first kappa shape index (κ1) is 9.56. The normalized spacial score (nSPS) is 10.8. The minimum Gasteiger partial charge on any atom is -0.351 e. The smallest absolute Gasteiger partial charge is 0.167 e. The molecule has 0 saturated heterocycles. The molecule has 1 aromatic carbocycles. The van der Waals surface area contributed by atoms with Gasteiger partial charge in [0.15, 0.2) is 6.29 Å². The van der Waals surface area contributed by atoms with Gasteiger partial charge in [-0.3, -0.25) is 4.79 Å². The zero-order valence-corrected chi connectivity index (χ0v) is 8.91. The molecule has 0 unspecified atom stereocenters. The molecule has 0 saturated carbocycles. The van der Waals surface area contributed by atoms with E-state index in [9.17, 15) is 4.79 Å². The minimum atomic E-state index is 0.373. The Morgan fingerprint density at radius 2 is 2.07 bits per heavy atom. The number of hydrogen-bond donors (Lipinski definition) is 1. The second-order valence-corrected chi connectivity index (χ2v) is 3.87. The van der Waals surface area contributed by atoms with Crippen molar-refractivity contribution in [1.29, 1.82) is 0 Å². The van der Waals surface area contributed by atoms with Gasteiger partial charge >= 0.3 is 0 Å². The molecule has 4 heteroatoms. The van der Waals surface area contributed by atoms with Gasteiger partial charge in [0, 0.05) is 5.39 Å². The number of hydrogen-bond acceptors (Lipinski definition) is 1. The van der Waals surface area contributed by atoms with E-state index in [0.717, 1.165) is 16.5 Å². The first-order valence-corrected chi connectivity index (χ1v) is 4.82. The second kappa shape index (κ2) is 3.30. The van der Waals surface area contributed by atoms with E-state index >= 15 is 0 Å². The van der Waals surface area contributed by atoms with Crippen LogP contribution in [-0.4, -0.2) is 11.3 Å². The van der Waals surface area contributed by atoms with Gasteiger partial charge in [-0.1, -0.05) is 29.3 Å². The molecule has 0 aliphatic heterocycles. The van der Waals surface area contributed by atoms with Crippen molar-refractivity contribution in [3.05, 3.63) is 33.4 Å². The fourth-order valence-electron chi connectivity index (χ4n) is 1.46. The lowest BCUT2D eigenvalue weighted by molar-refractivity contribution is 0.112. The Bertz CT molecular complexity index is 516. The second-order valence-electron chi connectivity index (χ2n) is 3.08. The number of aromatic nitrogens is 1. The summed E-state index contributed by atoms with van der Waals surface area (Å²) in [5.41, 5.74) is 2.21. The van der Waals surface area contributed by atoms with Crippen LogP contribution >= 0.6 is 23.2 Å². The molecule has 0 radical (unpaired) electrons. The Hall–Kier alpha value is -0.990. The predicted molar refractivity (Wildman–Crippen MR) is 58.4 cm³/mol. The fourth-order valence-corrected chi connectivity index (χ4v) is 2.05. The van der Waals surface area contributed by atoms with Crippen LogP contribution in [0.25, 0.3) is 10.9 Å². The highest BCUT2D eigenvalue weighted by molar-refractivity contribution is 6.43. The number of nitrogens with one attached hydrogen (secondary N) is 1. The number of carbonyl (C=O) groups excluding carboxylic acids is 1. The molecule has 1 aromatic heterocycles. The number of halogens is 2. The highest BCUT2D eigenvalue weighted by Crippen LogP contribution is 2.34. The maximum Gasteiger partial charge on any atom is 0.167 e. The summed E-state index contributed by atoms with van der Waals surface area (Å²) in [6.07, 6.45) is 0.693. The van der Waals surface area contributed by atoms with Crippen molar-refractivity contribution >= 4 is 40.4 Å². The Balaban J connectivity index is 2.97. The van der Waals surface area contributed by atoms with Gasteiger partial charge in [0.25, 0.3) is 0 Å². The number of rotatable bonds is 1. The van der Waals surface area contributed by atoms with E-state index in [4.69, 9.17) is 23.2 Å². The largest absolute Gasteiger partial charge is 0.351 e. The Morgan fingerprint density at radius 3 is 2.64 bits per heavy atom. The number of benzene rings is 1. The maximum absolute atomic E-state index is 10.7. The van der Waals surface area contributed by atoms with Crippen molar-refractivity contribution in [2.45, 2.75) is 6.92 Å². The lowest BCUT2D eigenvalue weighted by Gasteiger charge is -1.97. The number of fused-ring (bicyclic) bond motifs is 1. The molecule has 14 heavy (non-hydrogen) atoms. The molecule has 1 N–H and O–H groups in total. The van der Waals surface area contributed by atoms with Crippen LogP contribution in [-0.2, 0) is 0 Å². The monoisotopic (exact) mass is 227 g/mol. The summed E-state index contributed by atoms with van der Waals surface area (Å²) in [6, 6.07) is 3.65. The van der Waals surface area contributed by atoms with Crippen molar-refractivity contribution in [3.63, 3.8) is 0 Å². The summed E-state index contributed by atoms with van der Waals surface area (Å²) in [7, 11) is 0. The number of aldehydes is 1. The van der Waals surface area contributed by atoms with Gasteiger partial charge in [-0.25, -0.2) is 0 Å². The van der Waals surface area contributed by atoms with Crippen LogP contribution in [0.2, 0.25) is 10.0 Å². The van der Waals surface area contributed by atoms with Crippen LogP contribution < -0.4 is 0 Å². The number of aromatic amines is 1. The molecule has 0 aliphatic rings. The zero-order chi connectivity index (χ0) is 10.3. The SMILES string of the molecule is Cc1ccc(Cl)c2c(Cl)c(C=O)[nH]c12. The van der Waals surface area contributed by atoms with E-state index in [1.165, 1.54) is 0 Å². The third-order valence-electron chi connectivity index (χ3n) is 2.20. The highest BCUT2D eigenvalue weighted by atomic mass is 35.5. The molecular formula is C10H7Cl2NO. The molecule has 72 valence electrons. The van der Waals surface area contributed by atoms with Gasteiger partial charge < -0.3 is 4.98 Å². The molecule has 0 aliphatic carbocycles.